The Bertz CT molecular complexity index is 1060. The van der Waals surface area contributed by atoms with Gasteiger partial charge < -0.3 is 19.8 Å². The zero-order valence-corrected chi connectivity index (χ0v) is 17.9. The minimum absolute atomic E-state index is 0.238. The number of carbonyl (C=O) groups excluding carboxylic acids is 2. The van der Waals surface area contributed by atoms with Crippen LogP contribution in [0.15, 0.2) is 47.1 Å². The number of ether oxygens (including phenoxy) is 1. The molecule has 0 aliphatic heterocycles. The number of amides is 2. The van der Waals surface area contributed by atoms with Gasteiger partial charge in [0.25, 0.3) is 11.8 Å². The fraction of sp³-hybridized carbons (Fsp3) is 0.304. The van der Waals surface area contributed by atoms with Crippen molar-refractivity contribution < 1.29 is 23.1 Å². The standard InChI is InChI=1S/C23H23FN2O4S/c1-14(30-16-10-8-15(24)9-11-16)21(27)26-23-20(18-6-2-3-7-19(18)31-23)22(28)25-13-17-5-4-12-29-17/h4-5,8-12,14H,2-3,6-7,13H2,1H3,(H,25,28)(H,26,27)/t14-/m1/s1. The first-order valence-electron chi connectivity index (χ1n) is 10.2. The first-order chi connectivity index (χ1) is 15.0. The number of hydrogen-bond acceptors (Lipinski definition) is 5. The van der Waals surface area contributed by atoms with Crippen LogP contribution < -0.4 is 15.4 Å². The van der Waals surface area contributed by atoms with E-state index in [-0.39, 0.29) is 24.2 Å². The number of nitrogens with one attached hydrogen (secondary N) is 2. The Morgan fingerprint density at radius 1 is 1.19 bits per heavy atom. The molecule has 0 spiro atoms. The van der Waals surface area contributed by atoms with Crippen molar-refractivity contribution in [2.24, 2.45) is 0 Å². The number of hydrogen-bond donors (Lipinski definition) is 2. The number of aryl methyl sites for hydroxylation is 1. The van der Waals surface area contributed by atoms with E-state index in [4.69, 9.17) is 9.15 Å². The summed E-state index contributed by atoms with van der Waals surface area (Å²) in [5, 5.41) is 6.28. The van der Waals surface area contributed by atoms with Gasteiger partial charge in [-0.3, -0.25) is 9.59 Å². The molecule has 6 nitrogen and oxygen atoms in total. The topological polar surface area (TPSA) is 80.6 Å². The van der Waals surface area contributed by atoms with E-state index >= 15 is 0 Å². The lowest BCUT2D eigenvalue weighted by Gasteiger charge is -2.15. The van der Waals surface area contributed by atoms with Crippen LogP contribution in [-0.2, 0) is 24.2 Å². The van der Waals surface area contributed by atoms with E-state index in [9.17, 15) is 14.0 Å². The first-order valence-corrected chi connectivity index (χ1v) is 11.0. The normalized spacial score (nSPS) is 13.9. The molecule has 162 valence electrons. The van der Waals surface area contributed by atoms with E-state index in [1.165, 1.54) is 35.6 Å². The van der Waals surface area contributed by atoms with E-state index in [1.807, 2.05) is 0 Å². The van der Waals surface area contributed by atoms with Gasteiger partial charge >= 0.3 is 0 Å². The van der Waals surface area contributed by atoms with E-state index in [2.05, 4.69) is 10.6 Å². The van der Waals surface area contributed by atoms with Gasteiger partial charge in [0.1, 0.15) is 22.3 Å². The predicted octanol–water partition coefficient (Wildman–Crippen LogP) is 4.70. The monoisotopic (exact) mass is 442 g/mol. The van der Waals surface area contributed by atoms with Gasteiger partial charge in [-0.2, -0.15) is 0 Å². The Kier molecular flexibility index (Phi) is 6.36. The maximum Gasteiger partial charge on any atom is 0.265 e. The molecule has 2 heterocycles. The summed E-state index contributed by atoms with van der Waals surface area (Å²) in [5.74, 6) is 0.0651. The van der Waals surface area contributed by atoms with Crippen molar-refractivity contribution in [2.75, 3.05) is 5.32 Å². The van der Waals surface area contributed by atoms with E-state index in [0.717, 1.165) is 36.1 Å². The van der Waals surface area contributed by atoms with E-state index < -0.39 is 6.10 Å². The van der Waals surface area contributed by atoms with Crippen LogP contribution in [0.4, 0.5) is 9.39 Å². The molecule has 3 aromatic rings. The summed E-state index contributed by atoms with van der Waals surface area (Å²) < 4.78 is 24.0. The van der Waals surface area contributed by atoms with Gasteiger partial charge in [0.2, 0.25) is 0 Å². The number of carbonyl (C=O) groups is 2. The molecule has 0 bridgehead atoms. The molecular weight excluding hydrogens is 419 g/mol. The number of rotatable bonds is 7. The lowest BCUT2D eigenvalue weighted by Crippen LogP contribution is -2.31. The number of anilines is 1. The molecule has 2 aromatic heterocycles. The van der Waals surface area contributed by atoms with Crippen molar-refractivity contribution >= 4 is 28.2 Å². The number of halogens is 1. The van der Waals surface area contributed by atoms with E-state index in [0.29, 0.717) is 22.1 Å². The van der Waals surface area contributed by atoms with Crippen molar-refractivity contribution in [3.8, 4) is 5.75 Å². The Hall–Kier alpha value is -3.13. The first kappa shape index (κ1) is 21.1. The Balaban J connectivity index is 1.50. The quantitative estimate of drug-likeness (QED) is 0.556. The van der Waals surface area contributed by atoms with Crippen LogP contribution in [0.2, 0.25) is 0 Å². The molecule has 2 N–H and O–H groups in total. The zero-order valence-electron chi connectivity index (χ0n) is 17.1. The summed E-state index contributed by atoms with van der Waals surface area (Å²) in [6.07, 6.45) is 4.53. The summed E-state index contributed by atoms with van der Waals surface area (Å²) >= 11 is 1.45. The van der Waals surface area contributed by atoms with Crippen molar-refractivity contribution in [1.29, 1.82) is 0 Å². The molecule has 1 aliphatic rings. The van der Waals surface area contributed by atoms with Crippen LogP contribution >= 0.6 is 11.3 Å². The summed E-state index contributed by atoms with van der Waals surface area (Å²) in [4.78, 5) is 26.9. The highest BCUT2D eigenvalue weighted by molar-refractivity contribution is 7.17. The smallest absolute Gasteiger partial charge is 0.265 e. The largest absolute Gasteiger partial charge is 0.481 e. The lowest BCUT2D eigenvalue weighted by molar-refractivity contribution is -0.122. The highest BCUT2D eigenvalue weighted by Gasteiger charge is 2.27. The number of thiophene rings is 1. The SMILES string of the molecule is C[C@@H](Oc1ccc(F)cc1)C(=O)Nc1sc2c(c1C(=O)NCc1ccco1)CCCC2. The number of fused-ring (bicyclic) bond motifs is 1. The summed E-state index contributed by atoms with van der Waals surface area (Å²) in [6, 6.07) is 9.04. The van der Waals surface area contributed by atoms with Crippen LogP contribution in [0.1, 0.15) is 46.3 Å². The molecule has 8 heteroatoms. The summed E-state index contributed by atoms with van der Waals surface area (Å²) in [7, 11) is 0. The van der Waals surface area contributed by atoms with Gasteiger partial charge in [-0.05, 0) is 74.6 Å². The molecule has 1 atom stereocenters. The lowest BCUT2D eigenvalue weighted by atomic mass is 9.95. The van der Waals surface area contributed by atoms with Gasteiger partial charge in [-0.25, -0.2) is 4.39 Å². The maximum atomic E-state index is 13.1. The van der Waals surface area contributed by atoms with Crippen molar-refractivity contribution in [1.82, 2.24) is 5.32 Å². The molecule has 0 fully saturated rings. The average Bonchev–Trinajstić information content (AvgIpc) is 3.41. The third-order valence-corrected chi connectivity index (χ3v) is 6.34. The third kappa shape index (κ3) is 4.96. The zero-order chi connectivity index (χ0) is 21.8. The van der Waals surface area contributed by atoms with Crippen LogP contribution in [-0.4, -0.2) is 17.9 Å². The van der Waals surface area contributed by atoms with Crippen molar-refractivity contribution in [3.63, 3.8) is 0 Å². The molecule has 31 heavy (non-hydrogen) atoms. The highest BCUT2D eigenvalue weighted by Crippen LogP contribution is 2.38. The van der Waals surface area contributed by atoms with Crippen molar-refractivity contribution in [3.05, 3.63) is 70.2 Å². The van der Waals surface area contributed by atoms with Crippen LogP contribution in [0, 0.1) is 5.82 Å². The number of furan rings is 1. The average molecular weight is 443 g/mol. The minimum atomic E-state index is -0.816. The van der Waals surface area contributed by atoms with Gasteiger partial charge in [0, 0.05) is 4.88 Å². The Morgan fingerprint density at radius 3 is 2.71 bits per heavy atom. The molecule has 0 saturated carbocycles. The summed E-state index contributed by atoms with van der Waals surface area (Å²) in [5.41, 5.74) is 1.53. The molecule has 1 aliphatic carbocycles. The Labute approximate surface area is 183 Å². The summed E-state index contributed by atoms with van der Waals surface area (Å²) in [6.45, 7) is 1.89. The van der Waals surface area contributed by atoms with Gasteiger partial charge in [-0.15, -0.1) is 11.3 Å². The molecule has 0 unspecified atom stereocenters. The molecule has 2 amide bonds. The predicted molar refractivity (Wildman–Crippen MR) is 116 cm³/mol. The second-order valence-electron chi connectivity index (χ2n) is 7.38. The van der Waals surface area contributed by atoms with E-state index in [1.54, 1.807) is 25.3 Å². The highest BCUT2D eigenvalue weighted by atomic mass is 32.1. The molecule has 4 rings (SSSR count). The Morgan fingerprint density at radius 2 is 1.97 bits per heavy atom. The maximum absolute atomic E-state index is 13.1. The molecule has 0 radical (unpaired) electrons. The third-order valence-electron chi connectivity index (χ3n) is 5.13. The van der Waals surface area contributed by atoms with Crippen LogP contribution in [0.3, 0.4) is 0 Å². The van der Waals surface area contributed by atoms with Gasteiger partial charge in [0.05, 0.1) is 18.4 Å². The van der Waals surface area contributed by atoms with Crippen molar-refractivity contribution in [2.45, 2.75) is 45.3 Å². The van der Waals surface area contributed by atoms with Crippen LogP contribution in [0.5, 0.6) is 5.75 Å². The molecule has 1 aromatic carbocycles. The fourth-order valence-corrected chi connectivity index (χ4v) is 4.84. The van der Waals surface area contributed by atoms with Gasteiger partial charge in [0.15, 0.2) is 6.10 Å². The molecular formula is C23H23FN2O4S. The minimum Gasteiger partial charge on any atom is -0.481 e. The number of benzene rings is 1. The van der Waals surface area contributed by atoms with Gasteiger partial charge in [-0.1, -0.05) is 0 Å². The molecule has 0 saturated heterocycles. The second-order valence-corrected chi connectivity index (χ2v) is 8.49. The fourth-order valence-electron chi connectivity index (χ4n) is 3.55. The van der Waals surface area contributed by atoms with Crippen LogP contribution in [0.25, 0.3) is 0 Å². The second kappa shape index (κ2) is 9.34.